The van der Waals surface area contributed by atoms with E-state index in [9.17, 15) is 20.4 Å². The Morgan fingerprint density at radius 3 is 2.52 bits per heavy atom. The lowest BCUT2D eigenvalue weighted by Gasteiger charge is -2.39. The average Bonchev–Trinajstić information content (AvgIpc) is 3.13. The van der Waals surface area contributed by atoms with E-state index in [1.807, 2.05) is 45.9 Å². The normalized spacial score (nSPS) is 26.3. The number of benzene rings is 1. The third kappa shape index (κ3) is 5.02. The van der Waals surface area contributed by atoms with Gasteiger partial charge in [0.2, 0.25) is 12.2 Å². The second-order valence-electron chi connectivity index (χ2n) is 8.09. The molecule has 0 spiro atoms. The molecule has 1 aromatic carbocycles. The van der Waals surface area contributed by atoms with Crippen LogP contribution in [0.3, 0.4) is 0 Å². The summed E-state index contributed by atoms with van der Waals surface area (Å²) in [4.78, 5) is 0. The highest BCUT2D eigenvalue weighted by Crippen LogP contribution is 2.32. The third-order valence-corrected chi connectivity index (χ3v) is 5.51. The molecule has 0 bridgehead atoms. The van der Waals surface area contributed by atoms with E-state index in [0.29, 0.717) is 13.0 Å². The highest BCUT2D eigenvalue weighted by Gasteiger charge is 2.45. The maximum atomic E-state index is 10.3. The molecule has 3 rings (SSSR count). The van der Waals surface area contributed by atoms with Crippen LogP contribution < -0.4 is 9.47 Å². The first-order valence-corrected chi connectivity index (χ1v) is 10.5. The van der Waals surface area contributed by atoms with Gasteiger partial charge in [0.1, 0.15) is 30.2 Å². The standard InChI is InChI=1S/C22H32N2O7/c1-5-29-14-7-6-13(12(4)8-14)9-15-17(11(2)3)23-24-21(15)31-22-20(28)19(27)18(26)16(10-25)30-22/h6-8,11,16,18-20,22,25-28H,5,9-10H2,1-4H3,(H,23,24)/t16?,18-,19-,20?,22+/m1/s1. The van der Waals surface area contributed by atoms with Gasteiger partial charge in [-0.05, 0) is 43.0 Å². The van der Waals surface area contributed by atoms with Gasteiger partial charge in [-0.3, -0.25) is 5.10 Å². The van der Waals surface area contributed by atoms with E-state index >= 15 is 0 Å². The first kappa shape index (κ1) is 23.5. The van der Waals surface area contributed by atoms with Crippen molar-refractivity contribution in [2.24, 2.45) is 0 Å². The topological polar surface area (TPSA) is 137 Å². The van der Waals surface area contributed by atoms with E-state index in [1.165, 1.54) is 0 Å². The van der Waals surface area contributed by atoms with E-state index < -0.39 is 37.3 Å². The van der Waals surface area contributed by atoms with Gasteiger partial charge in [0.05, 0.1) is 13.2 Å². The Hall–Kier alpha value is -2.17. The maximum absolute atomic E-state index is 10.3. The summed E-state index contributed by atoms with van der Waals surface area (Å²) < 4.78 is 16.9. The molecule has 172 valence electrons. The molecule has 0 amide bonds. The molecule has 1 saturated heterocycles. The van der Waals surface area contributed by atoms with E-state index in [0.717, 1.165) is 28.1 Å². The summed E-state index contributed by atoms with van der Waals surface area (Å²) in [5, 5.41) is 47.0. The molecular weight excluding hydrogens is 404 g/mol. The summed E-state index contributed by atoms with van der Waals surface area (Å²) >= 11 is 0. The summed E-state index contributed by atoms with van der Waals surface area (Å²) in [6.07, 6.45) is -6.29. The second kappa shape index (κ2) is 9.97. The smallest absolute Gasteiger partial charge is 0.238 e. The van der Waals surface area contributed by atoms with Gasteiger partial charge in [-0.15, -0.1) is 5.10 Å². The van der Waals surface area contributed by atoms with Gasteiger partial charge in [-0.25, -0.2) is 0 Å². The molecule has 2 unspecified atom stereocenters. The number of nitrogens with one attached hydrogen (secondary N) is 1. The van der Waals surface area contributed by atoms with Crippen LogP contribution in [0.4, 0.5) is 0 Å². The lowest BCUT2D eigenvalue weighted by molar-refractivity contribution is -0.278. The predicted molar refractivity (Wildman–Crippen MR) is 112 cm³/mol. The maximum Gasteiger partial charge on any atom is 0.238 e. The van der Waals surface area contributed by atoms with Crippen LogP contribution in [-0.2, 0) is 11.2 Å². The fourth-order valence-corrected chi connectivity index (χ4v) is 3.70. The van der Waals surface area contributed by atoms with E-state index in [2.05, 4.69) is 10.2 Å². The highest BCUT2D eigenvalue weighted by atomic mass is 16.7. The Morgan fingerprint density at radius 1 is 1.16 bits per heavy atom. The Kier molecular flexibility index (Phi) is 7.55. The molecule has 2 aromatic rings. The number of aliphatic hydroxyl groups excluding tert-OH is 4. The SMILES string of the molecule is CCOc1ccc(Cc2c(O[C@@H]3OC(CO)[C@@H](O)[C@@H](O)C3O)n[nH]c2C(C)C)c(C)c1. The number of aryl methyl sites for hydroxylation is 1. The minimum absolute atomic E-state index is 0.137. The molecule has 9 nitrogen and oxygen atoms in total. The van der Waals surface area contributed by atoms with Gasteiger partial charge in [-0.2, -0.15) is 0 Å². The highest BCUT2D eigenvalue weighted by molar-refractivity contribution is 5.42. The minimum Gasteiger partial charge on any atom is -0.494 e. The van der Waals surface area contributed by atoms with E-state index in [-0.39, 0.29) is 11.8 Å². The van der Waals surface area contributed by atoms with Crippen molar-refractivity contribution < 1.29 is 34.6 Å². The van der Waals surface area contributed by atoms with Crippen molar-refractivity contribution in [3.63, 3.8) is 0 Å². The summed E-state index contributed by atoms with van der Waals surface area (Å²) in [6.45, 7) is 8.06. The molecule has 1 aliphatic rings. The number of hydrogen-bond acceptors (Lipinski definition) is 8. The molecular formula is C22H32N2O7. The molecule has 1 aromatic heterocycles. The van der Waals surface area contributed by atoms with Crippen LogP contribution in [0.2, 0.25) is 0 Å². The molecule has 5 atom stereocenters. The number of aliphatic hydroxyl groups is 4. The number of aromatic amines is 1. The van der Waals surface area contributed by atoms with Crippen molar-refractivity contribution in [1.82, 2.24) is 10.2 Å². The Bertz CT molecular complexity index is 868. The van der Waals surface area contributed by atoms with Crippen molar-refractivity contribution in [3.8, 4) is 11.6 Å². The third-order valence-electron chi connectivity index (χ3n) is 5.51. The lowest BCUT2D eigenvalue weighted by Crippen LogP contribution is -2.60. The van der Waals surface area contributed by atoms with Crippen molar-refractivity contribution >= 4 is 0 Å². The largest absolute Gasteiger partial charge is 0.494 e. The lowest BCUT2D eigenvalue weighted by atomic mass is 9.96. The average molecular weight is 437 g/mol. The van der Waals surface area contributed by atoms with Gasteiger partial charge in [-0.1, -0.05) is 19.9 Å². The Balaban J connectivity index is 1.88. The minimum atomic E-state index is -1.52. The first-order valence-electron chi connectivity index (χ1n) is 10.5. The zero-order valence-electron chi connectivity index (χ0n) is 18.3. The van der Waals surface area contributed by atoms with Crippen LogP contribution in [0.5, 0.6) is 11.6 Å². The summed E-state index contributed by atoms with van der Waals surface area (Å²) in [5.74, 6) is 1.18. The van der Waals surface area contributed by atoms with Crippen LogP contribution in [0.25, 0.3) is 0 Å². The van der Waals surface area contributed by atoms with Crippen molar-refractivity contribution in [2.75, 3.05) is 13.2 Å². The van der Waals surface area contributed by atoms with Crippen LogP contribution in [0.1, 0.15) is 49.1 Å². The summed E-state index contributed by atoms with van der Waals surface area (Å²) in [5.41, 5.74) is 3.80. The number of ether oxygens (including phenoxy) is 3. The predicted octanol–water partition coefficient (Wildman–Crippen LogP) is 1.01. The first-order chi connectivity index (χ1) is 14.8. The molecule has 0 radical (unpaired) electrons. The van der Waals surface area contributed by atoms with Gasteiger partial charge in [0.25, 0.3) is 0 Å². The Morgan fingerprint density at radius 2 is 1.90 bits per heavy atom. The number of H-pyrrole nitrogens is 1. The van der Waals surface area contributed by atoms with Crippen molar-refractivity contribution in [3.05, 3.63) is 40.6 Å². The van der Waals surface area contributed by atoms with Crippen LogP contribution in [0, 0.1) is 6.92 Å². The van der Waals surface area contributed by atoms with Gasteiger partial charge < -0.3 is 34.6 Å². The number of rotatable bonds is 8. The molecule has 0 saturated carbocycles. The molecule has 31 heavy (non-hydrogen) atoms. The van der Waals surface area contributed by atoms with Crippen LogP contribution in [-0.4, -0.2) is 74.5 Å². The van der Waals surface area contributed by atoms with Gasteiger partial charge in [0.15, 0.2) is 0 Å². The fourth-order valence-electron chi connectivity index (χ4n) is 3.70. The number of hydrogen-bond donors (Lipinski definition) is 5. The van der Waals surface area contributed by atoms with Gasteiger partial charge in [0, 0.05) is 17.7 Å². The zero-order valence-corrected chi connectivity index (χ0v) is 18.3. The molecule has 9 heteroatoms. The number of aromatic nitrogens is 2. The van der Waals surface area contributed by atoms with Crippen LogP contribution in [0.15, 0.2) is 18.2 Å². The molecule has 1 aliphatic heterocycles. The van der Waals surface area contributed by atoms with Crippen LogP contribution >= 0.6 is 0 Å². The van der Waals surface area contributed by atoms with E-state index in [1.54, 1.807) is 0 Å². The number of nitrogens with zero attached hydrogens (tertiary/aromatic N) is 1. The van der Waals surface area contributed by atoms with Gasteiger partial charge >= 0.3 is 0 Å². The van der Waals surface area contributed by atoms with Crippen molar-refractivity contribution in [1.29, 1.82) is 0 Å². The summed E-state index contributed by atoms with van der Waals surface area (Å²) in [7, 11) is 0. The molecule has 1 fully saturated rings. The Labute approximate surface area is 181 Å². The quantitative estimate of drug-likeness (QED) is 0.413. The van der Waals surface area contributed by atoms with E-state index in [4.69, 9.17) is 14.2 Å². The molecule has 2 heterocycles. The zero-order chi connectivity index (χ0) is 22.7. The monoisotopic (exact) mass is 436 g/mol. The molecule has 5 N–H and O–H groups in total. The summed E-state index contributed by atoms with van der Waals surface area (Å²) in [6, 6.07) is 5.89. The fraction of sp³-hybridized carbons (Fsp3) is 0.591. The van der Waals surface area contributed by atoms with Crippen molar-refractivity contribution in [2.45, 2.75) is 70.7 Å². The molecule has 0 aliphatic carbocycles. The second-order valence-corrected chi connectivity index (χ2v) is 8.09.